The molecule has 0 saturated heterocycles. The Morgan fingerprint density at radius 3 is 2.53 bits per heavy atom. The van der Waals surface area contributed by atoms with Gasteiger partial charge in [-0.1, -0.05) is 0 Å². The SMILES string of the molecule is O=C(O)CCC(NC(=O)n1ccnc1)C(=O)O. The van der Waals surface area contributed by atoms with Crippen molar-refractivity contribution in [3.8, 4) is 0 Å². The van der Waals surface area contributed by atoms with Gasteiger partial charge in [-0.25, -0.2) is 14.6 Å². The van der Waals surface area contributed by atoms with Gasteiger partial charge in [-0.3, -0.25) is 9.36 Å². The van der Waals surface area contributed by atoms with Crippen LogP contribution in [0, 0.1) is 0 Å². The summed E-state index contributed by atoms with van der Waals surface area (Å²) in [5, 5.41) is 19.4. The Kier molecular flexibility index (Phi) is 4.21. The number of carbonyl (C=O) groups is 3. The second-order valence-electron chi connectivity index (χ2n) is 3.24. The lowest BCUT2D eigenvalue weighted by molar-refractivity contribution is -0.140. The van der Waals surface area contributed by atoms with Gasteiger partial charge in [-0.15, -0.1) is 0 Å². The highest BCUT2D eigenvalue weighted by atomic mass is 16.4. The van der Waals surface area contributed by atoms with E-state index in [9.17, 15) is 14.4 Å². The van der Waals surface area contributed by atoms with Crippen molar-refractivity contribution in [3.05, 3.63) is 18.7 Å². The first-order valence-corrected chi connectivity index (χ1v) is 4.74. The van der Waals surface area contributed by atoms with E-state index >= 15 is 0 Å². The Morgan fingerprint density at radius 2 is 2.06 bits per heavy atom. The average molecular weight is 241 g/mol. The van der Waals surface area contributed by atoms with Crippen LogP contribution < -0.4 is 5.32 Å². The van der Waals surface area contributed by atoms with E-state index in [4.69, 9.17) is 10.2 Å². The Balaban J connectivity index is 2.58. The van der Waals surface area contributed by atoms with Crippen molar-refractivity contribution >= 4 is 18.0 Å². The molecule has 1 aromatic heterocycles. The molecule has 0 fully saturated rings. The lowest BCUT2D eigenvalue weighted by Gasteiger charge is -2.13. The minimum Gasteiger partial charge on any atom is -0.481 e. The Labute approximate surface area is 95.9 Å². The van der Waals surface area contributed by atoms with Crippen LogP contribution in [-0.4, -0.2) is 43.8 Å². The molecule has 3 N–H and O–H groups in total. The van der Waals surface area contributed by atoms with E-state index < -0.39 is 24.0 Å². The van der Waals surface area contributed by atoms with Crippen LogP contribution in [0.2, 0.25) is 0 Å². The molecule has 1 unspecified atom stereocenters. The van der Waals surface area contributed by atoms with Crippen molar-refractivity contribution in [2.75, 3.05) is 0 Å². The minimum absolute atomic E-state index is 0.175. The number of carbonyl (C=O) groups excluding carboxylic acids is 1. The van der Waals surface area contributed by atoms with E-state index in [0.717, 1.165) is 4.57 Å². The molecule has 17 heavy (non-hydrogen) atoms. The summed E-state index contributed by atoms with van der Waals surface area (Å²) in [5.41, 5.74) is 0. The predicted molar refractivity (Wildman–Crippen MR) is 54.5 cm³/mol. The Bertz CT molecular complexity index is 414. The topological polar surface area (TPSA) is 122 Å². The molecule has 1 rings (SSSR count). The number of aliphatic carboxylic acids is 2. The van der Waals surface area contributed by atoms with Crippen molar-refractivity contribution in [1.82, 2.24) is 14.9 Å². The molecule has 1 atom stereocenters. The molecule has 0 bridgehead atoms. The lowest BCUT2D eigenvalue weighted by atomic mass is 10.1. The largest absolute Gasteiger partial charge is 0.481 e. The zero-order chi connectivity index (χ0) is 12.8. The summed E-state index contributed by atoms with van der Waals surface area (Å²) in [7, 11) is 0. The van der Waals surface area contributed by atoms with Crippen molar-refractivity contribution in [2.45, 2.75) is 18.9 Å². The fraction of sp³-hybridized carbons (Fsp3) is 0.333. The molecular formula is C9H11N3O5. The predicted octanol–water partition coefficient (Wildman–Crippen LogP) is -0.241. The summed E-state index contributed by atoms with van der Waals surface area (Å²) in [6, 6.07) is -1.90. The van der Waals surface area contributed by atoms with Crippen LogP contribution in [0.5, 0.6) is 0 Å². The highest BCUT2D eigenvalue weighted by Crippen LogP contribution is 1.99. The molecule has 0 aliphatic carbocycles. The molecule has 0 saturated carbocycles. The Morgan fingerprint density at radius 1 is 1.35 bits per heavy atom. The van der Waals surface area contributed by atoms with Crippen LogP contribution in [0.1, 0.15) is 12.8 Å². The minimum atomic E-state index is -1.28. The number of carboxylic acids is 2. The van der Waals surface area contributed by atoms with Crippen LogP contribution in [0.25, 0.3) is 0 Å². The lowest BCUT2D eigenvalue weighted by Crippen LogP contribution is -2.42. The summed E-state index contributed by atoms with van der Waals surface area (Å²) in [4.78, 5) is 36.2. The van der Waals surface area contributed by atoms with E-state index in [0.29, 0.717) is 0 Å². The van der Waals surface area contributed by atoms with Crippen LogP contribution in [0.4, 0.5) is 4.79 Å². The van der Waals surface area contributed by atoms with Gasteiger partial charge in [-0.2, -0.15) is 0 Å². The van der Waals surface area contributed by atoms with Crippen LogP contribution >= 0.6 is 0 Å². The standard InChI is InChI=1S/C9H11N3O5/c13-7(14)2-1-6(8(15)16)11-9(17)12-4-3-10-5-12/h3-6H,1-2H2,(H,11,17)(H,13,14)(H,15,16). The van der Waals surface area contributed by atoms with Gasteiger partial charge in [0.1, 0.15) is 12.4 Å². The number of rotatable bonds is 5. The molecule has 8 heteroatoms. The van der Waals surface area contributed by atoms with Crippen molar-refractivity contribution in [1.29, 1.82) is 0 Å². The first-order valence-electron chi connectivity index (χ1n) is 4.74. The first-order chi connectivity index (χ1) is 8.00. The normalized spacial score (nSPS) is 11.8. The first kappa shape index (κ1) is 12.7. The molecule has 0 aliphatic heterocycles. The van der Waals surface area contributed by atoms with Gasteiger partial charge in [0.2, 0.25) is 0 Å². The molecule has 92 valence electrons. The van der Waals surface area contributed by atoms with Gasteiger partial charge in [0.05, 0.1) is 0 Å². The molecule has 0 radical (unpaired) electrons. The number of hydrogen-bond acceptors (Lipinski definition) is 4. The van der Waals surface area contributed by atoms with Crippen LogP contribution in [0.15, 0.2) is 18.7 Å². The number of imidazole rings is 1. The molecule has 1 heterocycles. The van der Waals surface area contributed by atoms with Crippen LogP contribution in [0.3, 0.4) is 0 Å². The van der Waals surface area contributed by atoms with Gasteiger partial charge >= 0.3 is 18.0 Å². The molecule has 1 aromatic rings. The number of carboxylic acid groups (broad SMARTS) is 2. The van der Waals surface area contributed by atoms with E-state index in [1.165, 1.54) is 18.7 Å². The zero-order valence-corrected chi connectivity index (χ0v) is 8.74. The monoisotopic (exact) mass is 241 g/mol. The second kappa shape index (κ2) is 5.64. The van der Waals surface area contributed by atoms with Crippen LogP contribution in [-0.2, 0) is 9.59 Å². The number of nitrogens with zero attached hydrogens (tertiary/aromatic N) is 2. The van der Waals surface area contributed by atoms with Gasteiger partial charge in [0.15, 0.2) is 0 Å². The molecule has 0 aromatic carbocycles. The second-order valence-corrected chi connectivity index (χ2v) is 3.24. The van der Waals surface area contributed by atoms with E-state index in [1.54, 1.807) is 0 Å². The third kappa shape index (κ3) is 3.93. The molecular weight excluding hydrogens is 230 g/mol. The third-order valence-electron chi connectivity index (χ3n) is 1.98. The number of amides is 1. The smallest absolute Gasteiger partial charge is 0.327 e. The quantitative estimate of drug-likeness (QED) is 0.654. The molecule has 8 nitrogen and oxygen atoms in total. The summed E-state index contributed by atoms with van der Waals surface area (Å²) in [6.07, 6.45) is 3.43. The number of hydrogen-bond donors (Lipinski definition) is 3. The molecule has 0 spiro atoms. The van der Waals surface area contributed by atoms with E-state index in [-0.39, 0.29) is 12.8 Å². The maximum absolute atomic E-state index is 11.5. The molecule has 0 aliphatic rings. The highest BCUT2D eigenvalue weighted by molar-refractivity contribution is 5.84. The average Bonchev–Trinajstić information content (AvgIpc) is 2.76. The maximum Gasteiger partial charge on any atom is 0.327 e. The summed E-state index contributed by atoms with van der Waals surface area (Å²) >= 11 is 0. The van der Waals surface area contributed by atoms with E-state index in [2.05, 4.69) is 10.3 Å². The Hall–Kier alpha value is -2.38. The highest BCUT2D eigenvalue weighted by Gasteiger charge is 2.21. The molecule has 1 amide bonds. The summed E-state index contributed by atoms with van der Waals surface area (Å²) < 4.78 is 1.07. The van der Waals surface area contributed by atoms with Crippen molar-refractivity contribution in [3.63, 3.8) is 0 Å². The van der Waals surface area contributed by atoms with E-state index in [1.807, 2.05) is 0 Å². The van der Waals surface area contributed by atoms with Gasteiger partial charge in [-0.05, 0) is 6.42 Å². The third-order valence-corrected chi connectivity index (χ3v) is 1.98. The number of nitrogens with one attached hydrogen (secondary N) is 1. The van der Waals surface area contributed by atoms with Crippen molar-refractivity contribution < 1.29 is 24.6 Å². The maximum atomic E-state index is 11.5. The van der Waals surface area contributed by atoms with Gasteiger partial charge in [0.25, 0.3) is 0 Å². The summed E-state index contributed by atoms with van der Waals surface area (Å²) in [5.74, 6) is -2.40. The van der Waals surface area contributed by atoms with Crippen molar-refractivity contribution in [2.24, 2.45) is 0 Å². The fourth-order valence-electron chi connectivity index (χ4n) is 1.13. The number of aromatic nitrogens is 2. The summed E-state index contributed by atoms with van der Waals surface area (Å²) in [6.45, 7) is 0. The van der Waals surface area contributed by atoms with Gasteiger partial charge in [0, 0.05) is 18.8 Å². The van der Waals surface area contributed by atoms with Gasteiger partial charge < -0.3 is 15.5 Å². The zero-order valence-electron chi connectivity index (χ0n) is 8.74. The fourth-order valence-corrected chi connectivity index (χ4v) is 1.13.